The molecule has 1 atom stereocenters. The van der Waals surface area contributed by atoms with Crippen molar-refractivity contribution in [3.05, 3.63) is 35.9 Å². The summed E-state index contributed by atoms with van der Waals surface area (Å²) in [7, 11) is 1.67. The van der Waals surface area contributed by atoms with Gasteiger partial charge in [-0.05, 0) is 13.0 Å². The molecule has 1 aromatic rings. The highest BCUT2D eigenvalue weighted by atomic mass is 16.5. The molecule has 0 saturated heterocycles. The zero-order valence-corrected chi connectivity index (χ0v) is 9.81. The van der Waals surface area contributed by atoms with Crippen molar-refractivity contribution in [1.29, 1.82) is 0 Å². The van der Waals surface area contributed by atoms with Gasteiger partial charge in [-0.15, -0.1) is 0 Å². The maximum absolute atomic E-state index is 9.04. The number of aliphatic hydroxyl groups is 1. The minimum Gasteiger partial charge on any atom is -0.496 e. The highest BCUT2D eigenvalue weighted by Crippen LogP contribution is 2.18. The molecule has 0 radical (unpaired) electrons. The zero-order valence-electron chi connectivity index (χ0n) is 9.81. The van der Waals surface area contributed by atoms with Crippen LogP contribution in [0.5, 0.6) is 5.75 Å². The lowest BCUT2D eigenvalue weighted by atomic mass is 10.2. The van der Waals surface area contributed by atoms with E-state index in [-0.39, 0.29) is 6.10 Å². The van der Waals surface area contributed by atoms with Gasteiger partial charge >= 0.3 is 0 Å². The van der Waals surface area contributed by atoms with Crippen LogP contribution in [0.25, 0.3) is 6.08 Å². The molecule has 1 rings (SSSR count). The molecule has 0 amide bonds. The van der Waals surface area contributed by atoms with Gasteiger partial charge in [-0.1, -0.05) is 30.4 Å². The first-order chi connectivity index (χ1) is 7.74. The lowest BCUT2D eigenvalue weighted by Gasteiger charge is -2.05. The number of hydrogen-bond acceptors (Lipinski definition) is 3. The Balaban J connectivity index is 2.43. The second-order valence-electron chi connectivity index (χ2n) is 3.65. The topological polar surface area (TPSA) is 41.5 Å². The molecule has 16 heavy (non-hydrogen) atoms. The van der Waals surface area contributed by atoms with Gasteiger partial charge in [0.05, 0.1) is 13.2 Å². The Morgan fingerprint density at radius 2 is 2.19 bits per heavy atom. The summed E-state index contributed by atoms with van der Waals surface area (Å²) in [5.74, 6) is 0.870. The Morgan fingerprint density at radius 3 is 2.88 bits per heavy atom. The number of methoxy groups -OCH3 is 1. The normalized spacial score (nSPS) is 12.9. The Hall–Kier alpha value is -1.32. The molecule has 0 aliphatic rings. The summed E-state index contributed by atoms with van der Waals surface area (Å²) in [5.41, 5.74) is 1.06. The highest BCUT2D eigenvalue weighted by molar-refractivity contribution is 5.57. The van der Waals surface area contributed by atoms with Gasteiger partial charge in [-0.25, -0.2) is 0 Å². The third kappa shape index (κ3) is 4.47. The average molecular weight is 221 g/mol. The second kappa shape index (κ2) is 7.04. The van der Waals surface area contributed by atoms with E-state index in [4.69, 9.17) is 9.84 Å². The van der Waals surface area contributed by atoms with E-state index >= 15 is 0 Å². The molecule has 2 N–H and O–H groups in total. The predicted octanol–water partition coefficient (Wildman–Crippen LogP) is 1.68. The van der Waals surface area contributed by atoms with Crippen molar-refractivity contribution in [2.45, 2.75) is 13.0 Å². The van der Waals surface area contributed by atoms with Gasteiger partial charge in [0.15, 0.2) is 0 Å². The van der Waals surface area contributed by atoms with Crippen molar-refractivity contribution in [3.63, 3.8) is 0 Å². The van der Waals surface area contributed by atoms with Crippen LogP contribution in [-0.4, -0.2) is 31.4 Å². The third-order valence-electron chi connectivity index (χ3n) is 2.14. The fraction of sp³-hybridized carbons (Fsp3) is 0.385. The molecule has 0 aliphatic heterocycles. The molecule has 3 nitrogen and oxygen atoms in total. The van der Waals surface area contributed by atoms with Crippen molar-refractivity contribution in [1.82, 2.24) is 5.32 Å². The number of ether oxygens (including phenoxy) is 1. The van der Waals surface area contributed by atoms with Gasteiger partial charge in [0, 0.05) is 18.7 Å². The number of rotatable bonds is 6. The first-order valence-corrected chi connectivity index (χ1v) is 5.42. The average Bonchev–Trinajstić information content (AvgIpc) is 2.29. The second-order valence-corrected chi connectivity index (χ2v) is 3.65. The smallest absolute Gasteiger partial charge is 0.126 e. The largest absolute Gasteiger partial charge is 0.496 e. The van der Waals surface area contributed by atoms with E-state index in [0.29, 0.717) is 6.54 Å². The first-order valence-electron chi connectivity index (χ1n) is 5.42. The minimum absolute atomic E-state index is 0.306. The van der Waals surface area contributed by atoms with Crippen LogP contribution in [0.15, 0.2) is 30.3 Å². The Labute approximate surface area is 96.8 Å². The van der Waals surface area contributed by atoms with E-state index in [1.54, 1.807) is 14.0 Å². The summed E-state index contributed by atoms with van der Waals surface area (Å²) >= 11 is 0. The van der Waals surface area contributed by atoms with Crippen LogP contribution >= 0.6 is 0 Å². The van der Waals surface area contributed by atoms with Crippen LogP contribution in [0, 0.1) is 0 Å². The molecule has 0 saturated carbocycles. The Morgan fingerprint density at radius 1 is 1.44 bits per heavy atom. The lowest BCUT2D eigenvalue weighted by molar-refractivity contribution is 0.193. The zero-order chi connectivity index (χ0) is 11.8. The molecular formula is C13H19NO2. The monoisotopic (exact) mass is 221 g/mol. The van der Waals surface area contributed by atoms with Crippen LogP contribution in [0.3, 0.4) is 0 Å². The minimum atomic E-state index is -0.306. The standard InChI is InChI=1S/C13H19NO2/c1-11(15)10-14-9-5-7-12-6-3-4-8-13(12)16-2/h3-8,11,14-15H,9-10H2,1-2H3/b7-5+/t11-/m0/s1. The molecular weight excluding hydrogens is 202 g/mol. The van der Waals surface area contributed by atoms with E-state index in [0.717, 1.165) is 17.9 Å². The number of para-hydroxylation sites is 1. The number of nitrogens with one attached hydrogen (secondary N) is 1. The molecule has 0 heterocycles. The maximum atomic E-state index is 9.04. The fourth-order valence-corrected chi connectivity index (χ4v) is 1.37. The van der Waals surface area contributed by atoms with Gasteiger partial charge in [0.2, 0.25) is 0 Å². The van der Waals surface area contributed by atoms with E-state index in [9.17, 15) is 0 Å². The molecule has 0 fully saturated rings. The van der Waals surface area contributed by atoms with Crippen LogP contribution in [0.2, 0.25) is 0 Å². The first kappa shape index (κ1) is 12.7. The van der Waals surface area contributed by atoms with E-state index < -0.39 is 0 Å². The lowest BCUT2D eigenvalue weighted by Crippen LogP contribution is -2.24. The molecule has 1 aromatic carbocycles. The van der Waals surface area contributed by atoms with Crippen molar-refractivity contribution >= 4 is 6.08 Å². The summed E-state index contributed by atoms with van der Waals surface area (Å²) in [6.07, 6.45) is 3.72. The van der Waals surface area contributed by atoms with Gasteiger partial charge in [-0.3, -0.25) is 0 Å². The SMILES string of the molecule is COc1ccccc1/C=C/CNC[C@H](C)O. The predicted molar refractivity (Wildman–Crippen MR) is 66.6 cm³/mol. The highest BCUT2D eigenvalue weighted by Gasteiger charge is 1.96. The molecule has 0 unspecified atom stereocenters. The summed E-state index contributed by atoms with van der Waals surface area (Å²) in [5, 5.41) is 12.2. The van der Waals surface area contributed by atoms with Crippen molar-refractivity contribution in [2.24, 2.45) is 0 Å². The van der Waals surface area contributed by atoms with Gasteiger partial charge in [0.1, 0.15) is 5.75 Å². The number of benzene rings is 1. The molecule has 0 aliphatic carbocycles. The van der Waals surface area contributed by atoms with Crippen molar-refractivity contribution < 1.29 is 9.84 Å². The summed E-state index contributed by atoms with van der Waals surface area (Å²) in [4.78, 5) is 0. The van der Waals surface area contributed by atoms with Crippen molar-refractivity contribution in [3.8, 4) is 5.75 Å². The van der Waals surface area contributed by atoms with Crippen LogP contribution < -0.4 is 10.1 Å². The maximum Gasteiger partial charge on any atom is 0.126 e. The number of hydrogen-bond donors (Lipinski definition) is 2. The Bertz CT molecular complexity index is 334. The van der Waals surface area contributed by atoms with Crippen LogP contribution in [-0.2, 0) is 0 Å². The molecule has 3 heteroatoms. The molecule has 88 valence electrons. The fourth-order valence-electron chi connectivity index (χ4n) is 1.37. The van der Waals surface area contributed by atoms with Gasteiger partial charge < -0.3 is 15.2 Å². The van der Waals surface area contributed by atoms with Crippen LogP contribution in [0.4, 0.5) is 0 Å². The van der Waals surface area contributed by atoms with Crippen LogP contribution in [0.1, 0.15) is 12.5 Å². The number of aliphatic hydroxyl groups excluding tert-OH is 1. The van der Waals surface area contributed by atoms with E-state index in [2.05, 4.69) is 5.32 Å². The summed E-state index contributed by atoms with van der Waals surface area (Å²) in [6, 6.07) is 7.86. The summed E-state index contributed by atoms with van der Waals surface area (Å²) in [6.45, 7) is 3.11. The van der Waals surface area contributed by atoms with Crippen molar-refractivity contribution in [2.75, 3.05) is 20.2 Å². The van der Waals surface area contributed by atoms with E-state index in [1.165, 1.54) is 0 Å². The third-order valence-corrected chi connectivity index (χ3v) is 2.14. The molecule has 0 spiro atoms. The molecule has 0 aromatic heterocycles. The molecule has 0 bridgehead atoms. The Kier molecular flexibility index (Phi) is 5.61. The van der Waals surface area contributed by atoms with E-state index in [1.807, 2.05) is 36.4 Å². The summed E-state index contributed by atoms with van der Waals surface area (Å²) < 4.78 is 5.23. The van der Waals surface area contributed by atoms with Gasteiger partial charge in [0.25, 0.3) is 0 Å². The quantitative estimate of drug-likeness (QED) is 0.718. The van der Waals surface area contributed by atoms with Gasteiger partial charge in [-0.2, -0.15) is 0 Å².